The third kappa shape index (κ3) is 9.44. The third-order valence-corrected chi connectivity index (χ3v) is 6.53. The maximum absolute atomic E-state index is 13.8. The van der Waals surface area contributed by atoms with Crippen molar-refractivity contribution in [1.29, 1.82) is 0 Å². The van der Waals surface area contributed by atoms with Crippen LogP contribution in [0.4, 0.5) is 23.1 Å². The molecule has 0 unspecified atom stereocenters. The molecular weight excluding hydrogens is 629 g/mol. The maximum atomic E-state index is 13.8. The lowest BCUT2D eigenvalue weighted by Crippen LogP contribution is -2.28. The van der Waals surface area contributed by atoms with Gasteiger partial charge in [-0.25, -0.2) is 14.6 Å². The van der Waals surface area contributed by atoms with Crippen LogP contribution < -0.4 is 16.0 Å². The number of nitrogens with one attached hydrogen (secondary N) is 3. The Morgan fingerprint density at radius 2 is 1.77 bits per heavy atom. The first-order chi connectivity index (χ1) is 20.5. The number of ether oxygens (including phenoxy) is 2. The fourth-order valence-corrected chi connectivity index (χ4v) is 4.63. The summed E-state index contributed by atoms with van der Waals surface area (Å²) in [5.41, 5.74) is -2.57. The van der Waals surface area contributed by atoms with Crippen molar-refractivity contribution in [3.05, 3.63) is 80.4 Å². The van der Waals surface area contributed by atoms with E-state index in [-0.39, 0.29) is 28.4 Å². The molecule has 2 aromatic carbocycles. The van der Waals surface area contributed by atoms with E-state index in [1.165, 1.54) is 30.3 Å². The number of aromatic hydroxyl groups is 1. The first-order valence-electron chi connectivity index (χ1n) is 12.5. The number of alkyl halides is 3. The SMILES string of the molecule is COC(=O)C(=Cc1sc(NC(=O)OC(C)(C)C)nc1C(F)(F)F)NC(=O)c1ccc(C(=O)NCc2cccc(O)c2)cc1Cl. The van der Waals surface area contributed by atoms with Crippen molar-refractivity contribution in [2.45, 2.75) is 39.1 Å². The van der Waals surface area contributed by atoms with Crippen molar-refractivity contribution in [3.8, 4) is 5.75 Å². The Kier molecular flexibility index (Phi) is 10.6. The number of halogens is 4. The topological polar surface area (TPSA) is 156 Å². The van der Waals surface area contributed by atoms with E-state index in [2.05, 4.69) is 25.7 Å². The second-order valence-corrected chi connectivity index (χ2v) is 11.3. The van der Waals surface area contributed by atoms with Gasteiger partial charge in [-0.05, 0) is 62.7 Å². The number of hydrogen-bond donors (Lipinski definition) is 4. The van der Waals surface area contributed by atoms with E-state index in [1.807, 2.05) is 0 Å². The molecule has 0 radical (unpaired) electrons. The van der Waals surface area contributed by atoms with Gasteiger partial charge in [-0.3, -0.25) is 14.9 Å². The van der Waals surface area contributed by atoms with Crippen molar-refractivity contribution >= 4 is 58.0 Å². The van der Waals surface area contributed by atoms with E-state index in [4.69, 9.17) is 16.3 Å². The van der Waals surface area contributed by atoms with Crippen LogP contribution in [0, 0.1) is 0 Å². The monoisotopic (exact) mass is 654 g/mol. The average molecular weight is 655 g/mol. The number of rotatable bonds is 8. The van der Waals surface area contributed by atoms with Gasteiger partial charge in [0.2, 0.25) is 0 Å². The molecule has 0 bridgehead atoms. The number of anilines is 1. The van der Waals surface area contributed by atoms with Crippen molar-refractivity contribution in [3.63, 3.8) is 0 Å². The van der Waals surface area contributed by atoms with E-state index in [0.717, 1.165) is 7.11 Å². The van der Waals surface area contributed by atoms with Gasteiger partial charge in [-0.2, -0.15) is 13.2 Å². The number of aromatic nitrogens is 1. The molecule has 0 spiro atoms. The zero-order valence-corrected chi connectivity index (χ0v) is 25.2. The third-order valence-electron chi connectivity index (χ3n) is 5.30. The van der Waals surface area contributed by atoms with Gasteiger partial charge in [0.25, 0.3) is 11.8 Å². The average Bonchev–Trinajstić information content (AvgIpc) is 3.32. The number of hydrogen-bond acceptors (Lipinski definition) is 9. The van der Waals surface area contributed by atoms with Crippen molar-refractivity contribution in [1.82, 2.24) is 15.6 Å². The van der Waals surface area contributed by atoms with Crippen LogP contribution in [0.5, 0.6) is 5.75 Å². The molecule has 16 heteroatoms. The Morgan fingerprint density at radius 1 is 1.07 bits per heavy atom. The van der Waals surface area contributed by atoms with E-state index >= 15 is 0 Å². The zero-order valence-electron chi connectivity index (χ0n) is 23.6. The van der Waals surface area contributed by atoms with E-state index in [1.54, 1.807) is 32.9 Å². The number of carbonyl (C=O) groups excluding carboxylic acids is 4. The van der Waals surface area contributed by atoms with Gasteiger partial charge in [0.05, 0.1) is 22.6 Å². The Bertz CT molecular complexity index is 1620. The number of methoxy groups -OCH3 is 1. The Balaban J connectivity index is 1.84. The van der Waals surface area contributed by atoms with Gasteiger partial charge in [-0.1, -0.05) is 35.1 Å². The van der Waals surface area contributed by atoms with E-state index in [9.17, 15) is 37.5 Å². The summed E-state index contributed by atoms with van der Waals surface area (Å²) in [7, 11) is 0.951. The number of phenolic OH excluding ortho intramolecular Hbond substituents is 1. The van der Waals surface area contributed by atoms with Gasteiger partial charge in [0, 0.05) is 12.1 Å². The standard InChI is InChI=1S/C28H26ClF3N4O7S/c1-27(2,3)43-26(41)36-25-35-21(28(30,31)32)20(44-25)12-19(24(40)42-4)34-23(39)17-9-8-15(11-18(17)29)22(38)33-13-14-6-5-7-16(37)10-14/h5-12,37H,13H2,1-4H3,(H,33,38)(H,34,39)(H,35,36,41). The summed E-state index contributed by atoms with van der Waals surface area (Å²) in [4.78, 5) is 52.8. The van der Waals surface area contributed by atoms with Crippen molar-refractivity contribution in [2.24, 2.45) is 0 Å². The number of esters is 1. The van der Waals surface area contributed by atoms with Crippen molar-refractivity contribution in [2.75, 3.05) is 12.4 Å². The second kappa shape index (κ2) is 13.8. The number of thiazole rings is 1. The van der Waals surface area contributed by atoms with E-state index < -0.39 is 57.1 Å². The minimum atomic E-state index is -5.00. The number of amides is 3. The summed E-state index contributed by atoms with van der Waals surface area (Å²) in [6.07, 6.45) is -5.35. The van der Waals surface area contributed by atoms with Gasteiger partial charge in [0.1, 0.15) is 17.0 Å². The molecule has 1 aromatic heterocycles. The predicted molar refractivity (Wildman–Crippen MR) is 155 cm³/mol. The summed E-state index contributed by atoms with van der Waals surface area (Å²) < 4.78 is 50.9. The minimum Gasteiger partial charge on any atom is -0.508 e. The second-order valence-electron chi connectivity index (χ2n) is 9.91. The fourth-order valence-electron chi connectivity index (χ4n) is 3.45. The minimum absolute atomic E-state index is 0.0263. The summed E-state index contributed by atoms with van der Waals surface area (Å²) in [6, 6.07) is 9.90. The number of nitrogens with zero attached hydrogens (tertiary/aromatic N) is 1. The molecule has 0 aliphatic rings. The van der Waals surface area contributed by atoms with E-state index in [0.29, 0.717) is 23.0 Å². The molecule has 0 aliphatic carbocycles. The van der Waals surface area contributed by atoms with Crippen molar-refractivity contribution < 1.29 is 46.9 Å². The molecule has 0 saturated heterocycles. The molecule has 3 aromatic rings. The van der Waals surface area contributed by atoms with Gasteiger partial charge < -0.3 is 25.2 Å². The molecule has 234 valence electrons. The molecule has 0 aliphatic heterocycles. The van der Waals surface area contributed by atoms with Crippen LogP contribution in [0.3, 0.4) is 0 Å². The normalized spacial score (nSPS) is 11.9. The summed E-state index contributed by atoms with van der Waals surface area (Å²) in [5, 5.41) is 15.8. The first kappa shape index (κ1) is 33.9. The molecule has 0 saturated carbocycles. The van der Waals surface area contributed by atoms with Crippen LogP contribution in [-0.4, -0.2) is 46.7 Å². The largest absolute Gasteiger partial charge is 0.508 e. The molecule has 0 fully saturated rings. The van der Waals surface area contributed by atoms with Crippen LogP contribution >= 0.6 is 22.9 Å². The molecule has 44 heavy (non-hydrogen) atoms. The highest BCUT2D eigenvalue weighted by atomic mass is 35.5. The maximum Gasteiger partial charge on any atom is 0.434 e. The quantitative estimate of drug-likeness (QED) is 0.177. The van der Waals surface area contributed by atoms with Gasteiger partial charge in [-0.15, -0.1) is 0 Å². The molecule has 1 heterocycles. The molecular formula is C28H26ClF3N4O7S. The molecule has 3 amide bonds. The van der Waals surface area contributed by atoms with Crippen LogP contribution in [0.15, 0.2) is 48.2 Å². The first-order valence-corrected chi connectivity index (χ1v) is 13.7. The number of benzene rings is 2. The lowest BCUT2D eigenvalue weighted by atomic mass is 10.1. The summed E-state index contributed by atoms with van der Waals surface area (Å²) >= 11 is 6.60. The number of phenols is 1. The summed E-state index contributed by atoms with van der Waals surface area (Å²) in [5.74, 6) is -2.71. The molecule has 11 nitrogen and oxygen atoms in total. The smallest absolute Gasteiger partial charge is 0.434 e. The highest BCUT2D eigenvalue weighted by Crippen LogP contribution is 2.37. The fraction of sp³-hybridized carbons (Fsp3) is 0.250. The Morgan fingerprint density at radius 3 is 2.36 bits per heavy atom. The van der Waals surface area contributed by atoms with Crippen LogP contribution in [0.1, 0.15) is 57.6 Å². The Hall–Kier alpha value is -4.63. The van der Waals surface area contributed by atoms with Crippen LogP contribution in [0.2, 0.25) is 5.02 Å². The lowest BCUT2D eigenvalue weighted by molar-refractivity contribution is -0.141. The van der Waals surface area contributed by atoms with Gasteiger partial charge in [0.15, 0.2) is 10.8 Å². The number of carbonyl (C=O) groups is 4. The predicted octanol–water partition coefficient (Wildman–Crippen LogP) is 5.74. The highest BCUT2D eigenvalue weighted by molar-refractivity contribution is 7.16. The van der Waals surface area contributed by atoms with Crippen LogP contribution in [0.25, 0.3) is 6.08 Å². The lowest BCUT2D eigenvalue weighted by Gasteiger charge is -2.18. The highest BCUT2D eigenvalue weighted by Gasteiger charge is 2.38. The summed E-state index contributed by atoms with van der Waals surface area (Å²) in [6.45, 7) is 4.76. The molecule has 3 rings (SSSR count). The molecule has 4 N–H and O–H groups in total. The van der Waals surface area contributed by atoms with Gasteiger partial charge >= 0.3 is 18.2 Å². The Labute approximate surface area is 258 Å². The molecule has 0 atom stereocenters. The van der Waals surface area contributed by atoms with Crippen LogP contribution in [-0.2, 0) is 27.0 Å². The zero-order chi connectivity index (χ0) is 32.8.